The van der Waals surface area contributed by atoms with Crippen LogP contribution in [0.15, 0.2) is 21.1 Å². The molecule has 6 heteroatoms. The van der Waals surface area contributed by atoms with Gasteiger partial charge in [0.05, 0.1) is 28.2 Å². The zero-order valence-corrected chi connectivity index (χ0v) is 15.3. The van der Waals surface area contributed by atoms with E-state index in [0.29, 0.717) is 19.6 Å². The molecule has 0 saturated carbocycles. The van der Waals surface area contributed by atoms with E-state index in [1.54, 1.807) is 7.11 Å². The van der Waals surface area contributed by atoms with Crippen molar-refractivity contribution in [2.75, 3.05) is 26.9 Å². The van der Waals surface area contributed by atoms with Crippen LogP contribution in [0.1, 0.15) is 24.8 Å². The van der Waals surface area contributed by atoms with E-state index >= 15 is 0 Å². The zero-order chi connectivity index (χ0) is 15.5. The second kappa shape index (κ2) is 11.0. The van der Waals surface area contributed by atoms with Gasteiger partial charge in [-0.25, -0.2) is 0 Å². The average Bonchev–Trinajstić information content (AvgIpc) is 2.46. The van der Waals surface area contributed by atoms with Crippen molar-refractivity contribution in [3.05, 3.63) is 26.6 Å². The van der Waals surface area contributed by atoms with Gasteiger partial charge >= 0.3 is 0 Å². The van der Waals surface area contributed by atoms with Gasteiger partial charge in [-0.3, -0.25) is 0 Å². The molecule has 0 aliphatic rings. The molecule has 0 unspecified atom stereocenters. The Morgan fingerprint density at radius 1 is 1.19 bits per heavy atom. The Kier molecular flexibility index (Phi) is 9.68. The van der Waals surface area contributed by atoms with Crippen LogP contribution in [-0.2, 0) is 11.3 Å². The Morgan fingerprint density at radius 3 is 2.52 bits per heavy atom. The van der Waals surface area contributed by atoms with E-state index in [4.69, 9.17) is 14.7 Å². The summed E-state index contributed by atoms with van der Waals surface area (Å²) in [7, 11) is 1.69. The molecule has 4 nitrogen and oxygen atoms in total. The number of benzene rings is 1. The Balaban J connectivity index is 2.49. The fraction of sp³-hybridized carbons (Fsp3) is 0.533. The van der Waals surface area contributed by atoms with Crippen LogP contribution < -0.4 is 10.1 Å². The maximum absolute atomic E-state index is 8.49. The maximum Gasteiger partial charge on any atom is 0.147 e. The first-order valence-corrected chi connectivity index (χ1v) is 8.45. The normalized spacial score (nSPS) is 10.4. The number of unbranched alkanes of at least 4 members (excludes halogenated alkanes) is 2. The van der Waals surface area contributed by atoms with Crippen LogP contribution >= 0.6 is 31.9 Å². The Labute approximate surface area is 143 Å². The molecule has 0 spiro atoms. The van der Waals surface area contributed by atoms with Crippen LogP contribution in [0.3, 0.4) is 0 Å². The molecule has 0 fully saturated rings. The van der Waals surface area contributed by atoms with Crippen LogP contribution in [0.2, 0.25) is 0 Å². The van der Waals surface area contributed by atoms with Crippen LogP contribution in [0, 0.1) is 11.3 Å². The molecular formula is C15H20Br2N2O2. The van der Waals surface area contributed by atoms with E-state index in [9.17, 15) is 0 Å². The summed E-state index contributed by atoms with van der Waals surface area (Å²) in [5.74, 6) is 0.813. The number of rotatable bonds is 10. The predicted octanol–water partition coefficient (Wildman–Crippen LogP) is 4.02. The van der Waals surface area contributed by atoms with Crippen LogP contribution in [-0.4, -0.2) is 26.9 Å². The summed E-state index contributed by atoms with van der Waals surface area (Å²) in [5.41, 5.74) is 1.17. The molecule has 0 aromatic heterocycles. The summed E-state index contributed by atoms with van der Waals surface area (Å²) in [5, 5.41) is 11.8. The number of nitrogens with zero attached hydrogens (tertiary/aromatic N) is 1. The van der Waals surface area contributed by atoms with E-state index in [1.165, 1.54) is 5.56 Å². The summed E-state index contributed by atoms with van der Waals surface area (Å²) < 4.78 is 12.6. The summed E-state index contributed by atoms with van der Waals surface area (Å²) >= 11 is 7.09. The van der Waals surface area contributed by atoms with Gasteiger partial charge < -0.3 is 14.8 Å². The van der Waals surface area contributed by atoms with E-state index < -0.39 is 0 Å². The van der Waals surface area contributed by atoms with Crippen molar-refractivity contribution in [2.24, 2.45) is 0 Å². The molecule has 0 radical (unpaired) electrons. The molecule has 0 saturated heterocycles. The lowest BCUT2D eigenvalue weighted by Gasteiger charge is -2.12. The van der Waals surface area contributed by atoms with Crippen molar-refractivity contribution in [3.63, 3.8) is 0 Å². The molecule has 1 aromatic carbocycles. The predicted molar refractivity (Wildman–Crippen MR) is 90.4 cm³/mol. The highest BCUT2D eigenvalue weighted by molar-refractivity contribution is 9.11. The monoisotopic (exact) mass is 418 g/mol. The average molecular weight is 420 g/mol. The molecule has 0 amide bonds. The SMILES string of the molecule is COCCNCc1cc(Br)c(OCCCCC#N)c(Br)c1. The lowest BCUT2D eigenvalue weighted by molar-refractivity contribution is 0.199. The summed E-state index contributed by atoms with van der Waals surface area (Å²) in [4.78, 5) is 0. The van der Waals surface area contributed by atoms with E-state index in [-0.39, 0.29) is 0 Å². The second-order valence-corrected chi connectivity index (χ2v) is 6.23. The third-order valence-corrected chi connectivity index (χ3v) is 3.98. The molecule has 0 bridgehead atoms. The van der Waals surface area contributed by atoms with Crippen molar-refractivity contribution < 1.29 is 9.47 Å². The third kappa shape index (κ3) is 7.28. The van der Waals surface area contributed by atoms with E-state index in [2.05, 4.69) is 55.4 Å². The number of methoxy groups -OCH3 is 1. The van der Waals surface area contributed by atoms with Gasteiger partial charge in [0.2, 0.25) is 0 Å². The van der Waals surface area contributed by atoms with Crippen LogP contribution in [0.5, 0.6) is 5.75 Å². The first-order chi connectivity index (χ1) is 10.2. The quantitative estimate of drug-likeness (QED) is 0.582. The van der Waals surface area contributed by atoms with Gasteiger partial charge in [-0.2, -0.15) is 5.26 Å². The highest BCUT2D eigenvalue weighted by Crippen LogP contribution is 2.34. The van der Waals surface area contributed by atoms with Crippen molar-refractivity contribution in [1.82, 2.24) is 5.32 Å². The largest absolute Gasteiger partial charge is 0.491 e. The van der Waals surface area contributed by atoms with Crippen molar-refractivity contribution in [3.8, 4) is 11.8 Å². The molecule has 0 atom stereocenters. The van der Waals surface area contributed by atoms with Gasteiger partial charge in [-0.05, 0) is 62.4 Å². The number of nitrogens with one attached hydrogen (secondary N) is 1. The highest BCUT2D eigenvalue weighted by Gasteiger charge is 2.09. The molecule has 0 heterocycles. The molecule has 1 N–H and O–H groups in total. The molecule has 0 aliphatic heterocycles. The number of halogens is 2. The molecule has 1 rings (SSSR count). The van der Waals surface area contributed by atoms with Crippen molar-refractivity contribution in [2.45, 2.75) is 25.8 Å². The van der Waals surface area contributed by atoms with Crippen molar-refractivity contribution >= 4 is 31.9 Å². The van der Waals surface area contributed by atoms with Gasteiger partial charge in [0.25, 0.3) is 0 Å². The fourth-order valence-electron chi connectivity index (χ4n) is 1.74. The van der Waals surface area contributed by atoms with Crippen LogP contribution in [0.4, 0.5) is 0 Å². The van der Waals surface area contributed by atoms with Gasteiger partial charge in [0, 0.05) is 26.6 Å². The molecular weight excluding hydrogens is 400 g/mol. The summed E-state index contributed by atoms with van der Waals surface area (Å²) in [6, 6.07) is 6.24. The maximum atomic E-state index is 8.49. The van der Waals surface area contributed by atoms with E-state index in [1.807, 2.05) is 0 Å². The Bertz CT molecular complexity index is 452. The van der Waals surface area contributed by atoms with Crippen molar-refractivity contribution in [1.29, 1.82) is 5.26 Å². The Morgan fingerprint density at radius 2 is 1.90 bits per heavy atom. The minimum atomic E-state index is 0.581. The molecule has 116 valence electrons. The zero-order valence-electron chi connectivity index (χ0n) is 12.1. The third-order valence-electron chi connectivity index (χ3n) is 2.80. The first kappa shape index (κ1) is 18.4. The summed E-state index contributed by atoms with van der Waals surface area (Å²) in [6.07, 6.45) is 2.33. The standard InChI is InChI=1S/C15H20Br2N2O2/c1-20-8-6-19-11-12-9-13(16)15(14(17)10-12)21-7-4-2-3-5-18/h9-10,19H,2-4,6-8,11H2,1H3. The number of hydrogen-bond donors (Lipinski definition) is 1. The van der Waals surface area contributed by atoms with Gasteiger partial charge in [-0.1, -0.05) is 0 Å². The smallest absolute Gasteiger partial charge is 0.147 e. The fourth-order valence-corrected chi connectivity index (χ4v) is 3.25. The molecule has 0 aliphatic carbocycles. The minimum Gasteiger partial charge on any atom is -0.491 e. The molecule has 1 aromatic rings. The lowest BCUT2D eigenvalue weighted by Crippen LogP contribution is -2.18. The number of nitriles is 1. The van der Waals surface area contributed by atoms with Gasteiger partial charge in [-0.15, -0.1) is 0 Å². The minimum absolute atomic E-state index is 0.581. The Hall–Kier alpha value is -0.610. The molecule has 21 heavy (non-hydrogen) atoms. The van der Waals surface area contributed by atoms with Gasteiger partial charge in [0.15, 0.2) is 0 Å². The second-order valence-electron chi connectivity index (χ2n) is 4.52. The lowest BCUT2D eigenvalue weighted by atomic mass is 10.2. The summed E-state index contributed by atoms with van der Waals surface area (Å²) in [6.45, 7) is 2.92. The highest BCUT2D eigenvalue weighted by atomic mass is 79.9. The van der Waals surface area contributed by atoms with E-state index in [0.717, 1.165) is 40.6 Å². The van der Waals surface area contributed by atoms with Gasteiger partial charge in [0.1, 0.15) is 5.75 Å². The number of hydrogen-bond acceptors (Lipinski definition) is 4. The first-order valence-electron chi connectivity index (χ1n) is 6.86. The topological polar surface area (TPSA) is 54.3 Å². The number of ether oxygens (including phenoxy) is 2. The van der Waals surface area contributed by atoms with Crippen LogP contribution in [0.25, 0.3) is 0 Å².